The fourth-order valence-corrected chi connectivity index (χ4v) is 2.93. The summed E-state index contributed by atoms with van der Waals surface area (Å²) in [6.45, 7) is 13.3. The largest absolute Gasteiger partial charge is 0.480 e. The number of aryl methyl sites for hydroxylation is 2. The minimum absolute atomic E-state index is 0.116. The SMILES string of the molecule is CCC(Oc1cc(C)ccc1C)C(=O)Nc1ccc(CN(CC)CC)cc1. The topological polar surface area (TPSA) is 41.6 Å². The summed E-state index contributed by atoms with van der Waals surface area (Å²) >= 11 is 0. The number of nitrogens with zero attached hydrogens (tertiary/aromatic N) is 1. The summed E-state index contributed by atoms with van der Waals surface area (Å²) in [5.74, 6) is 0.654. The molecule has 0 fully saturated rings. The molecule has 0 aromatic heterocycles. The van der Waals surface area contributed by atoms with Gasteiger partial charge in [-0.15, -0.1) is 0 Å². The molecular weight excluding hydrogens is 336 g/mol. The molecule has 2 aromatic rings. The summed E-state index contributed by atoms with van der Waals surface area (Å²) in [7, 11) is 0. The number of rotatable bonds is 9. The predicted molar refractivity (Wildman–Crippen MR) is 112 cm³/mol. The number of benzene rings is 2. The number of carbonyl (C=O) groups is 1. The van der Waals surface area contributed by atoms with Gasteiger partial charge in [0.25, 0.3) is 5.91 Å². The molecular formula is C23H32N2O2. The average Bonchev–Trinajstić information content (AvgIpc) is 2.67. The molecule has 0 spiro atoms. The first kappa shape index (κ1) is 21.0. The summed E-state index contributed by atoms with van der Waals surface area (Å²) < 4.78 is 6.00. The van der Waals surface area contributed by atoms with Crippen LogP contribution in [0.3, 0.4) is 0 Å². The lowest BCUT2D eigenvalue weighted by Crippen LogP contribution is -2.32. The number of anilines is 1. The molecule has 2 aromatic carbocycles. The fourth-order valence-electron chi connectivity index (χ4n) is 2.93. The van der Waals surface area contributed by atoms with E-state index in [0.29, 0.717) is 6.42 Å². The first-order chi connectivity index (χ1) is 13.0. The molecule has 4 heteroatoms. The van der Waals surface area contributed by atoms with Gasteiger partial charge in [-0.25, -0.2) is 0 Å². The van der Waals surface area contributed by atoms with Crippen molar-refractivity contribution in [3.63, 3.8) is 0 Å². The van der Waals surface area contributed by atoms with Gasteiger partial charge in [-0.05, 0) is 68.2 Å². The number of carbonyl (C=O) groups excluding carboxylic acids is 1. The molecule has 1 unspecified atom stereocenters. The van der Waals surface area contributed by atoms with Crippen molar-refractivity contribution in [1.82, 2.24) is 4.90 Å². The van der Waals surface area contributed by atoms with Gasteiger partial charge in [-0.2, -0.15) is 0 Å². The van der Waals surface area contributed by atoms with Crippen LogP contribution in [0.15, 0.2) is 42.5 Å². The Morgan fingerprint density at radius 1 is 1.04 bits per heavy atom. The van der Waals surface area contributed by atoms with E-state index in [0.717, 1.165) is 42.2 Å². The van der Waals surface area contributed by atoms with Crippen molar-refractivity contribution in [3.05, 3.63) is 59.2 Å². The van der Waals surface area contributed by atoms with Gasteiger partial charge in [0.1, 0.15) is 5.75 Å². The zero-order valence-electron chi connectivity index (χ0n) is 17.2. The average molecular weight is 369 g/mol. The van der Waals surface area contributed by atoms with Crippen molar-refractivity contribution in [2.24, 2.45) is 0 Å². The van der Waals surface area contributed by atoms with Crippen molar-refractivity contribution >= 4 is 11.6 Å². The van der Waals surface area contributed by atoms with Crippen LogP contribution in [0.25, 0.3) is 0 Å². The van der Waals surface area contributed by atoms with Crippen LogP contribution in [0, 0.1) is 13.8 Å². The van der Waals surface area contributed by atoms with Gasteiger partial charge >= 0.3 is 0 Å². The molecule has 146 valence electrons. The lowest BCUT2D eigenvalue weighted by atomic mass is 10.1. The Bertz CT molecular complexity index is 737. The second-order valence-electron chi connectivity index (χ2n) is 6.93. The standard InChI is InChI=1S/C23H32N2O2/c1-6-21(27-22-15-17(4)9-10-18(22)5)23(26)24-20-13-11-19(12-14-20)16-25(7-2)8-3/h9-15,21H,6-8,16H2,1-5H3,(H,24,26). The Hall–Kier alpha value is -2.33. The summed E-state index contributed by atoms with van der Waals surface area (Å²) in [4.78, 5) is 15.0. The molecule has 1 amide bonds. The van der Waals surface area contributed by atoms with Gasteiger partial charge < -0.3 is 10.1 Å². The van der Waals surface area contributed by atoms with Crippen LogP contribution in [-0.2, 0) is 11.3 Å². The number of ether oxygens (including phenoxy) is 1. The van der Waals surface area contributed by atoms with E-state index >= 15 is 0 Å². The molecule has 0 aliphatic heterocycles. The van der Waals surface area contributed by atoms with Crippen LogP contribution in [-0.4, -0.2) is 30.0 Å². The molecule has 27 heavy (non-hydrogen) atoms. The lowest BCUT2D eigenvalue weighted by Gasteiger charge is -2.20. The first-order valence-corrected chi connectivity index (χ1v) is 9.82. The third-order valence-electron chi connectivity index (χ3n) is 4.80. The Kier molecular flexibility index (Phi) is 7.86. The van der Waals surface area contributed by atoms with Crippen molar-refractivity contribution in [2.75, 3.05) is 18.4 Å². The smallest absolute Gasteiger partial charge is 0.265 e. The zero-order valence-corrected chi connectivity index (χ0v) is 17.2. The lowest BCUT2D eigenvalue weighted by molar-refractivity contribution is -0.122. The second-order valence-corrected chi connectivity index (χ2v) is 6.93. The molecule has 2 rings (SSSR count). The van der Waals surface area contributed by atoms with Gasteiger partial charge in [-0.1, -0.05) is 45.0 Å². The minimum Gasteiger partial charge on any atom is -0.480 e. The Balaban J connectivity index is 2.00. The fraction of sp³-hybridized carbons (Fsp3) is 0.435. The van der Waals surface area contributed by atoms with E-state index in [1.807, 2.05) is 51.1 Å². The number of amides is 1. The third-order valence-corrected chi connectivity index (χ3v) is 4.80. The number of nitrogens with one attached hydrogen (secondary N) is 1. The molecule has 0 bridgehead atoms. The molecule has 1 N–H and O–H groups in total. The van der Waals surface area contributed by atoms with E-state index in [2.05, 4.69) is 36.2 Å². The van der Waals surface area contributed by atoms with Crippen molar-refractivity contribution in [2.45, 2.75) is 53.7 Å². The van der Waals surface area contributed by atoms with E-state index < -0.39 is 6.10 Å². The third kappa shape index (κ3) is 6.10. The van der Waals surface area contributed by atoms with Gasteiger partial charge in [-0.3, -0.25) is 9.69 Å². The van der Waals surface area contributed by atoms with Gasteiger partial charge in [0.2, 0.25) is 0 Å². The van der Waals surface area contributed by atoms with Gasteiger partial charge in [0.15, 0.2) is 6.10 Å². The molecule has 0 saturated carbocycles. The zero-order chi connectivity index (χ0) is 19.8. The van der Waals surface area contributed by atoms with Crippen LogP contribution in [0.2, 0.25) is 0 Å². The molecule has 0 aliphatic rings. The van der Waals surface area contributed by atoms with Crippen molar-refractivity contribution in [3.8, 4) is 5.75 Å². The molecule has 1 atom stereocenters. The van der Waals surface area contributed by atoms with E-state index in [-0.39, 0.29) is 5.91 Å². The maximum Gasteiger partial charge on any atom is 0.265 e. The predicted octanol–water partition coefficient (Wildman–Crippen LogP) is 4.94. The van der Waals surface area contributed by atoms with E-state index in [9.17, 15) is 4.79 Å². The van der Waals surface area contributed by atoms with Crippen molar-refractivity contribution < 1.29 is 9.53 Å². The van der Waals surface area contributed by atoms with Crippen LogP contribution in [0.5, 0.6) is 5.75 Å². The number of hydrogen-bond acceptors (Lipinski definition) is 3. The van der Waals surface area contributed by atoms with Crippen LogP contribution in [0.4, 0.5) is 5.69 Å². The minimum atomic E-state index is -0.513. The maximum absolute atomic E-state index is 12.7. The first-order valence-electron chi connectivity index (χ1n) is 9.82. The van der Waals surface area contributed by atoms with E-state index in [4.69, 9.17) is 4.74 Å². The van der Waals surface area contributed by atoms with Crippen molar-refractivity contribution in [1.29, 1.82) is 0 Å². The molecule has 0 heterocycles. The monoisotopic (exact) mass is 368 g/mol. The highest BCUT2D eigenvalue weighted by molar-refractivity contribution is 5.94. The Morgan fingerprint density at radius 2 is 1.70 bits per heavy atom. The summed E-state index contributed by atoms with van der Waals surface area (Å²) in [6.07, 6.45) is 0.0973. The van der Waals surface area contributed by atoms with Crippen LogP contribution < -0.4 is 10.1 Å². The molecule has 0 aliphatic carbocycles. The highest BCUT2D eigenvalue weighted by Crippen LogP contribution is 2.22. The number of hydrogen-bond donors (Lipinski definition) is 1. The molecule has 0 radical (unpaired) electrons. The molecule has 4 nitrogen and oxygen atoms in total. The highest BCUT2D eigenvalue weighted by Gasteiger charge is 2.19. The highest BCUT2D eigenvalue weighted by atomic mass is 16.5. The summed E-state index contributed by atoms with van der Waals surface area (Å²) in [5, 5.41) is 2.98. The quantitative estimate of drug-likeness (QED) is 0.681. The Labute approximate surface area is 163 Å². The van der Waals surface area contributed by atoms with Gasteiger partial charge in [0.05, 0.1) is 0 Å². The molecule has 0 saturated heterocycles. The van der Waals surface area contributed by atoms with E-state index in [1.165, 1.54) is 5.56 Å². The van der Waals surface area contributed by atoms with Gasteiger partial charge in [0, 0.05) is 12.2 Å². The van der Waals surface area contributed by atoms with Crippen LogP contribution >= 0.6 is 0 Å². The summed E-state index contributed by atoms with van der Waals surface area (Å²) in [6, 6.07) is 14.1. The Morgan fingerprint density at radius 3 is 2.30 bits per heavy atom. The van der Waals surface area contributed by atoms with Crippen LogP contribution in [0.1, 0.15) is 43.9 Å². The second kappa shape index (κ2) is 10.1. The summed E-state index contributed by atoms with van der Waals surface area (Å²) in [5.41, 5.74) is 4.20. The normalized spacial score (nSPS) is 12.1. The van der Waals surface area contributed by atoms with E-state index in [1.54, 1.807) is 0 Å². The maximum atomic E-state index is 12.7.